The van der Waals surface area contributed by atoms with Crippen molar-refractivity contribution in [3.63, 3.8) is 0 Å². The van der Waals surface area contributed by atoms with Crippen molar-refractivity contribution in [2.75, 3.05) is 0 Å². The van der Waals surface area contributed by atoms with E-state index in [1.807, 2.05) is 0 Å². The average Bonchev–Trinajstić information content (AvgIpc) is 2.05. The molecular weight excluding hydrogens is 148 g/mol. The monoisotopic (exact) mass is 166 g/mol. The molecule has 2 nitrogen and oxygen atoms in total. The van der Waals surface area contributed by atoms with E-state index in [9.17, 15) is 0 Å². The summed E-state index contributed by atoms with van der Waals surface area (Å²) < 4.78 is 0. The fourth-order valence-electron chi connectivity index (χ4n) is 2.78. The van der Waals surface area contributed by atoms with Crippen molar-refractivity contribution in [3.8, 4) is 0 Å². The predicted octanol–water partition coefficient (Wildman–Crippen LogP) is 0.729. The third-order valence-electron chi connectivity index (χ3n) is 3.93. The van der Waals surface area contributed by atoms with Crippen molar-refractivity contribution < 1.29 is 0 Å². The van der Waals surface area contributed by atoms with Crippen LogP contribution in [0.2, 0.25) is 0 Å². The summed E-state index contributed by atoms with van der Waals surface area (Å²) >= 11 is 0. The summed E-state index contributed by atoms with van der Waals surface area (Å²) in [5.74, 6) is 2.43. The number of hydrogen-bond acceptors (Lipinski definition) is 2. The van der Waals surface area contributed by atoms with E-state index < -0.39 is 0 Å². The standard InChI is InChI=1S/C10H18N2/c1-5-6(2)8-4-3-7(5)9(11)10(8)12/h3-10H,11-12H2,1-2H3. The lowest BCUT2D eigenvalue weighted by atomic mass is 9.59. The highest BCUT2D eigenvalue weighted by molar-refractivity contribution is 5.17. The van der Waals surface area contributed by atoms with Crippen molar-refractivity contribution in [2.45, 2.75) is 25.9 Å². The summed E-state index contributed by atoms with van der Waals surface area (Å²) in [5.41, 5.74) is 12.1. The second kappa shape index (κ2) is 2.57. The van der Waals surface area contributed by atoms with E-state index >= 15 is 0 Å². The minimum absolute atomic E-state index is 0.186. The van der Waals surface area contributed by atoms with Crippen molar-refractivity contribution in [1.29, 1.82) is 0 Å². The highest BCUT2D eigenvalue weighted by Gasteiger charge is 2.44. The van der Waals surface area contributed by atoms with Gasteiger partial charge in [-0.15, -0.1) is 0 Å². The van der Waals surface area contributed by atoms with Gasteiger partial charge in [0.15, 0.2) is 0 Å². The molecule has 0 spiro atoms. The quantitative estimate of drug-likeness (QED) is 0.521. The fraction of sp³-hybridized carbons (Fsp3) is 0.800. The molecule has 0 aromatic heterocycles. The first-order valence-corrected chi connectivity index (χ1v) is 4.82. The van der Waals surface area contributed by atoms with Crippen molar-refractivity contribution in [2.24, 2.45) is 35.1 Å². The Kier molecular flexibility index (Phi) is 1.77. The zero-order valence-electron chi connectivity index (χ0n) is 7.77. The van der Waals surface area contributed by atoms with E-state index in [1.165, 1.54) is 0 Å². The molecule has 0 saturated heterocycles. The van der Waals surface area contributed by atoms with Crippen LogP contribution in [0.3, 0.4) is 0 Å². The summed E-state index contributed by atoms with van der Waals surface area (Å²) in [6.45, 7) is 4.58. The molecule has 0 amide bonds. The normalized spacial score (nSPS) is 57.7. The van der Waals surface area contributed by atoms with Gasteiger partial charge < -0.3 is 11.5 Å². The Morgan fingerprint density at radius 1 is 0.833 bits per heavy atom. The van der Waals surface area contributed by atoms with Crippen molar-refractivity contribution in [3.05, 3.63) is 12.2 Å². The van der Waals surface area contributed by atoms with Crippen LogP contribution in [0.5, 0.6) is 0 Å². The van der Waals surface area contributed by atoms with E-state index in [4.69, 9.17) is 11.5 Å². The van der Waals surface area contributed by atoms with E-state index in [0.29, 0.717) is 23.7 Å². The smallest absolute Gasteiger partial charge is 0.0264 e. The average molecular weight is 166 g/mol. The van der Waals surface area contributed by atoms with Crippen LogP contribution in [0.4, 0.5) is 0 Å². The lowest BCUT2D eigenvalue weighted by Crippen LogP contribution is -2.60. The largest absolute Gasteiger partial charge is 0.326 e. The molecule has 2 bridgehead atoms. The van der Waals surface area contributed by atoms with Gasteiger partial charge >= 0.3 is 0 Å². The molecule has 0 aliphatic heterocycles. The SMILES string of the molecule is CC1C(C)C2C=CC1C(N)C2N. The Bertz CT molecular complexity index is 174. The van der Waals surface area contributed by atoms with Gasteiger partial charge in [0.1, 0.15) is 0 Å². The molecule has 0 aromatic rings. The molecule has 4 N–H and O–H groups in total. The van der Waals surface area contributed by atoms with Crippen LogP contribution in [-0.4, -0.2) is 12.1 Å². The van der Waals surface area contributed by atoms with E-state index in [0.717, 1.165) is 0 Å². The summed E-state index contributed by atoms with van der Waals surface area (Å²) in [6.07, 6.45) is 4.53. The summed E-state index contributed by atoms with van der Waals surface area (Å²) in [4.78, 5) is 0. The van der Waals surface area contributed by atoms with Gasteiger partial charge in [0.05, 0.1) is 0 Å². The first-order valence-electron chi connectivity index (χ1n) is 4.82. The zero-order chi connectivity index (χ0) is 8.88. The van der Waals surface area contributed by atoms with Gasteiger partial charge in [-0.3, -0.25) is 0 Å². The molecule has 0 radical (unpaired) electrons. The fourth-order valence-corrected chi connectivity index (χ4v) is 2.78. The van der Waals surface area contributed by atoms with Crippen LogP contribution in [0.25, 0.3) is 0 Å². The zero-order valence-corrected chi connectivity index (χ0v) is 7.77. The number of fused-ring (bicyclic) bond motifs is 2. The molecule has 6 unspecified atom stereocenters. The Hall–Kier alpha value is -0.340. The van der Waals surface area contributed by atoms with E-state index in [-0.39, 0.29) is 12.1 Å². The van der Waals surface area contributed by atoms with Crippen LogP contribution in [0.1, 0.15) is 13.8 Å². The van der Waals surface area contributed by atoms with Crippen LogP contribution < -0.4 is 11.5 Å². The summed E-state index contributed by atoms with van der Waals surface area (Å²) in [7, 11) is 0. The maximum absolute atomic E-state index is 6.04. The molecule has 1 saturated carbocycles. The van der Waals surface area contributed by atoms with Crippen LogP contribution in [0, 0.1) is 23.7 Å². The molecule has 3 aliphatic carbocycles. The van der Waals surface area contributed by atoms with Gasteiger partial charge in [-0.25, -0.2) is 0 Å². The Morgan fingerprint density at radius 3 is 1.50 bits per heavy atom. The highest BCUT2D eigenvalue weighted by atomic mass is 14.8. The van der Waals surface area contributed by atoms with E-state index in [1.54, 1.807) is 0 Å². The molecule has 3 aliphatic rings. The minimum atomic E-state index is 0.186. The Labute approximate surface area is 74.0 Å². The number of rotatable bonds is 0. The van der Waals surface area contributed by atoms with Crippen molar-refractivity contribution >= 4 is 0 Å². The van der Waals surface area contributed by atoms with Gasteiger partial charge in [-0.05, 0) is 23.7 Å². The van der Waals surface area contributed by atoms with Crippen molar-refractivity contribution in [1.82, 2.24) is 0 Å². The second-order valence-electron chi connectivity index (χ2n) is 4.41. The molecule has 6 atom stereocenters. The molecule has 1 fully saturated rings. The Balaban J connectivity index is 2.32. The maximum atomic E-state index is 6.04. The van der Waals surface area contributed by atoms with Gasteiger partial charge in [-0.2, -0.15) is 0 Å². The molecule has 68 valence electrons. The maximum Gasteiger partial charge on any atom is 0.0264 e. The third-order valence-corrected chi connectivity index (χ3v) is 3.93. The first-order chi connectivity index (χ1) is 5.63. The molecule has 0 aromatic carbocycles. The Morgan fingerprint density at radius 2 is 1.17 bits per heavy atom. The highest BCUT2D eigenvalue weighted by Crippen LogP contribution is 2.42. The number of nitrogens with two attached hydrogens (primary N) is 2. The lowest BCUT2D eigenvalue weighted by molar-refractivity contribution is 0.106. The lowest BCUT2D eigenvalue weighted by Gasteiger charge is -2.49. The molecular formula is C10H18N2. The first kappa shape index (κ1) is 8.27. The number of hydrogen-bond donors (Lipinski definition) is 2. The van der Waals surface area contributed by atoms with Gasteiger partial charge in [0.25, 0.3) is 0 Å². The summed E-state index contributed by atoms with van der Waals surface area (Å²) in [5, 5.41) is 0. The second-order valence-corrected chi connectivity index (χ2v) is 4.41. The topological polar surface area (TPSA) is 52.0 Å². The van der Waals surface area contributed by atoms with E-state index in [2.05, 4.69) is 26.0 Å². The predicted molar refractivity (Wildman–Crippen MR) is 50.4 cm³/mol. The molecule has 2 heteroatoms. The molecule has 0 heterocycles. The minimum Gasteiger partial charge on any atom is -0.326 e. The van der Waals surface area contributed by atoms with Crippen LogP contribution >= 0.6 is 0 Å². The van der Waals surface area contributed by atoms with Crippen LogP contribution in [-0.2, 0) is 0 Å². The third kappa shape index (κ3) is 0.882. The van der Waals surface area contributed by atoms with Gasteiger partial charge in [0.2, 0.25) is 0 Å². The van der Waals surface area contributed by atoms with Gasteiger partial charge in [-0.1, -0.05) is 26.0 Å². The van der Waals surface area contributed by atoms with Crippen LogP contribution in [0.15, 0.2) is 12.2 Å². The molecule has 3 rings (SSSR count). The molecule has 12 heavy (non-hydrogen) atoms. The van der Waals surface area contributed by atoms with Gasteiger partial charge in [0, 0.05) is 12.1 Å². The summed E-state index contributed by atoms with van der Waals surface area (Å²) in [6, 6.07) is 0.373.